The first-order chi connectivity index (χ1) is 14.5. The second-order valence-electron chi connectivity index (χ2n) is 7.69. The maximum atomic E-state index is 12.6. The first-order valence-electron chi connectivity index (χ1n) is 10.3. The van der Waals surface area contributed by atoms with Crippen LogP contribution in [-0.4, -0.2) is 47.3 Å². The van der Waals surface area contributed by atoms with Crippen LogP contribution in [0.5, 0.6) is 0 Å². The van der Waals surface area contributed by atoms with E-state index < -0.39 is 0 Å². The number of piperazine rings is 1. The van der Waals surface area contributed by atoms with E-state index in [0.717, 1.165) is 47.6 Å². The van der Waals surface area contributed by atoms with Gasteiger partial charge in [0.2, 0.25) is 11.7 Å². The molecule has 0 atom stereocenters. The number of carbonyl (C=O) groups excluding carboxylic acids is 1. The fourth-order valence-electron chi connectivity index (χ4n) is 3.75. The molecule has 1 N–H and O–H groups in total. The first kappa shape index (κ1) is 19.9. The van der Waals surface area contributed by atoms with Crippen LogP contribution in [0.3, 0.4) is 0 Å². The van der Waals surface area contributed by atoms with Gasteiger partial charge >= 0.3 is 6.03 Å². The summed E-state index contributed by atoms with van der Waals surface area (Å²) in [6, 6.07) is 14.2. The largest absolute Gasteiger partial charge is 0.368 e. The lowest BCUT2D eigenvalue weighted by atomic mass is 10.1. The molecule has 3 aromatic rings. The molecule has 7 heteroatoms. The van der Waals surface area contributed by atoms with Crippen LogP contribution in [0.15, 0.2) is 47.0 Å². The SMILES string of the molecule is CCc1nc(-c2ccc(N3CCN(C(=O)Nc4cc(C)cc(C)c4)CC3)cc2)no1. The Kier molecular flexibility index (Phi) is 5.70. The Balaban J connectivity index is 1.34. The maximum absolute atomic E-state index is 12.6. The van der Waals surface area contributed by atoms with Crippen molar-refractivity contribution >= 4 is 17.4 Å². The molecule has 0 aliphatic carbocycles. The molecule has 1 aromatic heterocycles. The molecule has 0 saturated carbocycles. The molecular formula is C23H27N5O2. The zero-order valence-corrected chi connectivity index (χ0v) is 17.7. The third kappa shape index (κ3) is 4.45. The van der Waals surface area contributed by atoms with Gasteiger partial charge in [-0.05, 0) is 61.4 Å². The predicted octanol–water partition coefficient (Wildman–Crippen LogP) is 4.27. The maximum Gasteiger partial charge on any atom is 0.321 e. The van der Waals surface area contributed by atoms with E-state index in [1.165, 1.54) is 0 Å². The molecule has 2 amide bonds. The van der Waals surface area contributed by atoms with E-state index in [9.17, 15) is 4.79 Å². The topological polar surface area (TPSA) is 74.5 Å². The third-order valence-electron chi connectivity index (χ3n) is 5.30. The number of aryl methyl sites for hydroxylation is 3. The number of rotatable bonds is 4. The highest BCUT2D eigenvalue weighted by atomic mass is 16.5. The normalized spacial score (nSPS) is 14.1. The number of hydrogen-bond acceptors (Lipinski definition) is 5. The number of amides is 2. The summed E-state index contributed by atoms with van der Waals surface area (Å²) in [6.45, 7) is 9.01. The monoisotopic (exact) mass is 405 g/mol. The van der Waals surface area contributed by atoms with Crippen LogP contribution >= 0.6 is 0 Å². The van der Waals surface area contributed by atoms with Gasteiger partial charge in [-0.25, -0.2) is 4.79 Å². The van der Waals surface area contributed by atoms with E-state index >= 15 is 0 Å². The summed E-state index contributed by atoms with van der Waals surface area (Å²) >= 11 is 0. The molecule has 1 saturated heterocycles. The molecule has 4 rings (SSSR count). The van der Waals surface area contributed by atoms with Gasteiger partial charge in [-0.2, -0.15) is 4.98 Å². The Labute approximate surface area is 176 Å². The summed E-state index contributed by atoms with van der Waals surface area (Å²) in [5.41, 5.74) is 5.21. The Morgan fingerprint density at radius 1 is 1.03 bits per heavy atom. The summed E-state index contributed by atoms with van der Waals surface area (Å²) in [7, 11) is 0. The molecule has 7 nitrogen and oxygen atoms in total. The fraction of sp³-hybridized carbons (Fsp3) is 0.348. The average Bonchev–Trinajstić information content (AvgIpc) is 3.23. The highest BCUT2D eigenvalue weighted by Crippen LogP contribution is 2.23. The van der Waals surface area contributed by atoms with Crippen molar-refractivity contribution in [3.8, 4) is 11.4 Å². The number of hydrogen-bond donors (Lipinski definition) is 1. The lowest BCUT2D eigenvalue weighted by molar-refractivity contribution is 0.208. The molecule has 0 bridgehead atoms. The van der Waals surface area contributed by atoms with Gasteiger partial charge in [-0.1, -0.05) is 18.1 Å². The predicted molar refractivity (Wildman–Crippen MR) is 118 cm³/mol. The summed E-state index contributed by atoms with van der Waals surface area (Å²) in [4.78, 5) is 21.2. The molecule has 0 radical (unpaired) electrons. The van der Waals surface area contributed by atoms with E-state index in [1.54, 1.807) is 0 Å². The van der Waals surface area contributed by atoms with Crippen molar-refractivity contribution < 1.29 is 9.32 Å². The van der Waals surface area contributed by atoms with Gasteiger partial charge in [0.1, 0.15) is 0 Å². The average molecular weight is 406 g/mol. The third-order valence-corrected chi connectivity index (χ3v) is 5.30. The summed E-state index contributed by atoms with van der Waals surface area (Å²) < 4.78 is 5.19. The zero-order valence-electron chi connectivity index (χ0n) is 17.7. The number of urea groups is 1. The van der Waals surface area contributed by atoms with Crippen molar-refractivity contribution in [2.24, 2.45) is 0 Å². The molecule has 30 heavy (non-hydrogen) atoms. The molecular weight excluding hydrogens is 378 g/mol. The smallest absolute Gasteiger partial charge is 0.321 e. The summed E-state index contributed by atoms with van der Waals surface area (Å²) in [5, 5.41) is 7.05. The van der Waals surface area contributed by atoms with Gasteiger partial charge in [0.15, 0.2) is 0 Å². The highest BCUT2D eigenvalue weighted by molar-refractivity contribution is 5.89. The number of anilines is 2. The van der Waals surface area contributed by atoms with Crippen LogP contribution in [-0.2, 0) is 6.42 Å². The summed E-state index contributed by atoms with van der Waals surface area (Å²) in [5.74, 6) is 1.26. The minimum atomic E-state index is -0.0427. The number of carbonyl (C=O) groups is 1. The van der Waals surface area contributed by atoms with Crippen LogP contribution in [0.4, 0.5) is 16.2 Å². The van der Waals surface area contributed by atoms with Gasteiger partial charge in [-0.3, -0.25) is 0 Å². The molecule has 0 spiro atoms. The number of nitrogens with one attached hydrogen (secondary N) is 1. The lowest BCUT2D eigenvalue weighted by Gasteiger charge is -2.36. The van der Waals surface area contributed by atoms with Gasteiger partial charge in [-0.15, -0.1) is 0 Å². The number of aromatic nitrogens is 2. The van der Waals surface area contributed by atoms with Crippen molar-refractivity contribution in [1.29, 1.82) is 0 Å². The van der Waals surface area contributed by atoms with Crippen LogP contribution in [0.2, 0.25) is 0 Å². The fourth-order valence-corrected chi connectivity index (χ4v) is 3.75. The Morgan fingerprint density at radius 3 is 2.30 bits per heavy atom. The second kappa shape index (κ2) is 8.57. The molecule has 1 aliphatic rings. The van der Waals surface area contributed by atoms with Crippen LogP contribution in [0, 0.1) is 13.8 Å². The van der Waals surface area contributed by atoms with Gasteiger partial charge in [0, 0.05) is 49.5 Å². The second-order valence-corrected chi connectivity index (χ2v) is 7.69. The Bertz CT molecular complexity index is 1000. The van der Waals surface area contributed by atoms with E-state index in [0.29, 0.717) is 24.8 Å². The lowest BCUT2D eigenvalue weighted by Crippen LogP contribution is -2.50. The highest BCUT2D eigenvalue weighted by Gasteiger charge is 2.21. The number of benzene rings is 2. The minimum absolute atomic E-state index is 0.0427. The zero-order chi connectivity index (χ0) is 21.1. The molecule has 1 fully saturated rings. The van der Waals surface area contributed by atoms with Crippen molar-refractivity contribution in [2.75, 3.05) is 36.4 Å². The van der Waals surface area contributed by atoms with Crippen LogP contribution < -0.4 is 10.2 Å². The van der Waals surface area contributed by atoms with Crippen LogP contribution in [0.25, 0.3) is 11.4 Å². The first-order valence-corrected chi connectivity index (χ1v) is 10.3. The molecule has 1 aliphatic heterocycles. The van der Waals surface area contributed by atoms with Crippen molar-refractivity contribution in [2.45, 2.75) is 27.2 Å². The standard InChI is InChI=1S/C23H27N5O2/c1-4-21-25-22(26-30-21)18-5-7-20(8-6-18)27-9-11-28(12-10-27)23(29)24-19-14-16(2)13-17(3)15-19/h5-8,13-15H,4,9-12H2,1-3H3,(H,24,29). The van der Waals surface area contributed by atoms with Crippen molar-refractivity contribution in [3.05, 3.63) is 59.5 Å². The molecule has 0 unspecified atom stereocenters. The van der Waals surface area contributed by atoms with Crippen LogP contribution in [0.1, 0.15) is 23.9 Å². The molecule has 156 valence electrons. The number of nitrogens with zero attached hydrogens (tertiary/aromatic N) is 4. The Morgan fingerprint density at radius 2 is 1.70 bits per heavy atom. The summed E-state index contributed by atoms with van der Waals surface area (Å²) in [6.07, 6.45) is 0.729. The molecule has 2 aromatic carbocycles. The minimum Gasteiger partial charge on any atom is -0.368 e. The molecule has 2 heterocycles. The van der Waals surface area contributed by atoms with E-state index in [-0.39, 0.29) is 6.03 Å². The Hall–Kier alpha value is -3.35. The van der Waals surface area contributed by atoms with E-state index in [1.807, 2.05) is 49.9 Å². The van der Waals surface area contributed by atoms with Crippen molar-refractivity contribution in [1.82, 2.24) is 15.0 Å². The van der Waals surface area contributed by atoms with E-state index in [4.69, 9.17) is 4.52 Å². The van der Waals surface area contributed by atoms with Gasteiger partial charge in [0.25, 0.3) is 0 Å². The van der Waals surface area contributed by atoms with Gasteiger partial charge in [0.05, 0.1) is 0 Å². The van der Waals surface area contributed by atoms with Crippen molar-refractivity contribution in [3.63, 3.8) is 0 Å². The van der Waals surface area contributed by atoms with Gasteiger partial charge < -0.3 is 19.6 Å². The van der Waals surface area contributed by atoms with E-state index in [2.05, 4.69) is 38.6 Å². The quantitative estimate of drug-likeness (QED) is 0.702.